The lowest BCUT2D eigenvalue weighted by Gasteiger charge is -2.25. The van der Waals surface area contributed by atoms with E-state index >= 15 is 0 Å². The van der Waals surface area contributed by atoms with Crippen LogP contribution in [-0.2, 0) is 0 Å². The summed E-state index contributed by atoms with van der Waals surface area (Å²) in [5.74, 6) is 4.71. The molecule has 0 radical (unpaired) electrons. The molecule has 0 aromatic carbocycles. The molecule has 0 aromatic heterocycles. The normalized spacial score (nSPS) is 41.5. The van der Waals surface area contributed by atoms with Gasteiger partial charge in [0.25, 0.3) is 0 Å². The van der Waals surface area contributed by atoms with Crippen molar-refractivity contribution in [3.63, 3.8) is 0 Å². The van der Waals surface area contributed by atoms with E-state index in [0.29, 0.717) is 0 Å². The lowest BCUT2D eigenvalue weighted by Crippen LogP contribution is -2.18. The maximum absolute atomic E-state index is 1.59. The fourth-order valence-corrected chi connectivity index (χ4v) is 4.10. The third-order valence-corrected chi connectivity index (χ3v) is 4.86. The average molecular weight is 178 g/mol. The second kappa shape index (κ2) is 3.29. The van der Waals surface area contributed by atoms with Crippen LogP contribution in [0.3, 0.4) is 0 Å². The van der Waals surface area contributed by atoms with Gasteiger partial charge in [-0.25, -0.2) is 0 Å². The van der Waals surface area contributed by atoms with Gasteiger partial charge >= 0.3 is 0 Å². The zero-order chi connectivity index (χ0) is 8.67. The largest absolute Gasteiger partial charge is 0.0530 e. The van der Waals surface area contributed by atoms with Gasteiger partial charge in [-0.15, -0.1) is 0 Å². The maximum atomic E-state index is 1.59. The Labute approximate surface area is 82.1 Å². The molecule has 0 heteroatoms. The summed E-state index contributed by atoms with van der Waals surface area (Å²) in [6.45, 7) is 0. The molecule has 0 bridgehead atoms. The first-order valence-corrected chi connectivity index (χ1v) is 6.45. The van der Waals surface area contributed by atoms with Gasteiger partial charge in [-0.3, -0.25) is 0 Å². The standard InChI is InChI=1S/C13H22/c1-2-5-10(4-1)12-6-3-7-13(12)11-8-9-11/h10-13H,1-9H2. The Morgan fingerprint density at radius 2 is 1.00 bits per heavy atom. The van der Waals surface area contributed by atoms with Crippen LogP contribution in [0.25, 0.3) is 0 Å². The van der Waals surface area contributed by atoms with Gasteiger partial charge in [0.15, 0.2) is 0 Å². The van der Waals surface area contributed by atoms with Crippen molar-refractivity contribution in [3.05, 3.63) is 0 Å². The van der Waals surface area contributed by atoms with E-state index < -0.39 is 0 Å². The van der Waals surface area contributed by atoms with E-state index in [1.54, 1.807) is 57.8 Å². The van der Waals surface area contributed by atoms with E-state index in [-0.39, 0.29) is 0 Å². The highest BCUT2D eigenvalue weighted by Gasteiger charge is 2.42. The van der Waals surface area contributed by atoms with Crippen LogP contribution in [0.5, 0.6) is 0 Å². The van der Waals surface area contributed by atoms with Crippen LogP contribution in [0.1, 0.15) is 57.8 Å². The quantitative estimate of drug-likeness (QED) is 0.599. The summed E-state index contributed by atoms with van der Waals surface area (Å²) in [6, 6.07) is 0. The van der Waals surface area contributed by atoms with Crippen LogP contribution < -0.4 is 0 Å². The summed E-state index contributed by atoms with van der Waals surface area (Å²) >= 11 is 0. The predicted molar refractivity (Wildman–Crippen MR) is 55.5 cm³/mol. The highest BCUT2D eigenvalue weighted by atomic mass is 14.5. The number of hydrogen-bond donors (Lipinski definition) is 0. The second-order valence-corrected chi connectivity index (χ2v) is 5.64. The highest BCUT2D eigenvalue weighted by Crippen LogP contribution is 2.52. The Morgan fingerprint density at radius 3 is 1.54 bits per heavy atom. The minimum absolute atomic E-state index is 1.16. The van der Waals surface area contributed by atoms with Gasteiger partial charge < -0.3 is 0 Å². The third kappa shape index (κ3) is 1.53. The summed E-state index contributed by atoms with van der Waals surface area (Å²) in [5.41, 5.74) is 0. The first-order valence-electron chi connectivity index (χ1n) is 6.45. The molecule has 2 atom stereocenters. The van der Waals surface area contributed by atoms with Gasteiger partial charge in [0.05, 0.1) is 0 Å². The van der Waals surface area contributed by atoms with Crippen molar-refractivity contribution in [2.45, 2.75) is 57.8 Å². The molecular formula is C13H22. The highest BCUT2D eigenvalue weighted by molar-refractivity contribution is 4.92. The van der Waals surface area contributed by atoms with E-state index in [1.807, 2.05) is 0 Å². The predicted octanol–water partition coefficient (Wildman–Crippen LogP) is 4.00. The Bertz CT molecular complexity index is 174. The first kappa shape index (κ1) is 8.32. The average Bonchev–Trinajstić information content (AvgIpc) is 2.72. The molecule has 0 aliphatic heterocycles. The van der Waals surface area contributed by atoms with E-state index in [9.17, 15) is 0 Å². The summed E-state index contributed by atoms with van der Waals surface area (Å²) < 4.78 is 0. The monoisotopic (exact) mass is 178 g/mol. The summed E-state index contributed by atoms with van der Waals surface area (Å²) in [7, 11) is 0. The topological polar surface area (TPSA) is 0 Å². The van der Waals surface area contributed by atoms with Crippen LogP contribution in [0.4, 0.5) is 0 Å². The summed E-state index contributed by atoms with van der Waals surface area (Å²) in [5, 5.41) is 0. The van der Waals surface area contributed by atoms with E-state index in [1.165, 1.54) is 17.8 Å². The lowest BCUT2D eigenvalue weighted by atomic mass is 9.80. The molecule has 74 valence electrons. The fraction of sp³-hybridized carbons (Fsp3) is 1.00. The maximum Gasteiger partial charge on any atom is -0.0355 e. The van der Waals surface area contributed by atoms with Crippen molar-refractivity contribution >= 4 is 0 Å². The molecule has 3 saturated carbocycles. The van der Waals surface area contributed by atoms with Crippen LogP contribution in [-0.4, -0.2) is 0 Å². The fourth-order valence-electron chi connectivity index (χ4n) is 4.10. The molecule has 0 nitrogen and oxygen atoms in total. The summed E-state index contributed by atoms with van der Waals surface area (Å²) in [6.07, 6.45) is 14.1. The minimum Gasteiger partial charge on any atom is -0.0530 e. The Hall–Kier alpha value is 0. The zero-order valence-corrected chi connectivity index (χ0v) is 8.67. The third-order valence-electron chi connectivity index (χ3n) is 4.86. The molecule has 3 aliphatic rings. The number of hydrogen-bond acceptors (Lipinski definition) is 0. The van der Waals surface area contributed by atoms with E-state index in [2.05, 4.69) is 0 Å². The Kier molecular flexibility index (Phi) is 2.11. The van der Waals surface area contributed by atoms with Gasteiger partial charge in [0.1, 0.15) is 0 Å². The number of rotatable bonds is 2. The molecule has 0 amide bonds. The van der Waals surface area contributed by atoms with Gasteiger partial charge in [0.2, 0.25) is 0 Å². The van der Waals surface area contributed by atoms with Crippen LogP contribution in [0.2, 0.25) is 0 Å². The second-order valence-electron chi connectivity index (χ2n) is 5.64. The molecule has 0 heterocycles. The molecule has 3 aliphatic carbocycles. The van der Waals surface area contributed by atoms with Crippen molar-refractivity contribution in [1.29, 1.82) is 0 Å². The van der Waals surface area contributed by atoms with Gasteiger partial charge in [0, 0.05) is 0 Å². The van der Waals surface area contributed by atoms with Crippen LogP contribution in [0, 0.1) is 23.7 Å². The molecular weight excluding hydrogens is 156 g/mol. The van der Waals surface area contributed by atoms with Gasteiger partial charge in [-0.1, -0.05) is 32.1 Å². The molecule has 3 fully saturated rings. The molecule has 2 unspecified atom stereocenters. The zero-order valence-electron chi connectivity index (χ0n) is 8.67. The van der Waals surface area contributed by atoms with E-state index in [0.717, 1.165) is 5.92 Å². The molecule has 13 heavy (non-hydrogen) atoms. The molecule has 0 spiro atoms. The van der Waals surface area contributed by atoms with Gasteiger partial charge in [-0.05, 0) is 49.4 Å². The summed E-state index contributed by atoms with van der Waals surface area (Å²) in [4.78, 5) is 0. The van der Waals surface area contributed by atoms with Crippen molar-refractivity contribution in [2.24, 2.45) is 23.7 Å². The Balaban J connectivity index is 1.66. The van der Waals surface area contributed by atoms with E-state index in [4.69, 9.17) is 0 Å². The molecule has 0 N–H and O–H groups in total. The van der Waals surface area contributed by atoms with Gasteiger partial charge in [-0.2, -0.15) is 0 Å². The lowest BCUT2D eigenvalue weighted by molar-refractivity contribution is 0.241. The smallest absolute Gasteiger partial charge is 0.0355 e. The minimum atomic E-state index is 1.16. The SMILES string of the molecule is C1CCC(C2CCCC2C2CC2)C1. The van der Waals surface area contributed by atoms with Crippen molar-refractivity contribution in [3.8, 4) is 0 Å². The first-order chi connectivity index (χ1) is 6.45. The molecule has 0 saturated heterocycles. The molecule has 3 rings (SSSR count). The molecule has 0 aromatic rings. The van der Waals surface area contributed by atoms with Crippen molar-refractivity contribution in [1.82, 2.24) is 0 Å². The Morgan fingerprint density at radius 1 is 0.462 bits per heavy atom. The van der Waals surface area contributed by atoms with Crippen LogP contribution >= 0.6 is 0 Å². The van der Waals surface area contributed by atoms with Crippen molar-refractivity contribution < 1.29 is 0 Å². The van der Waals surface area contributed by atoms with Crippen molar-refractivity contribution in [2.75, 3.05) is 0 Å². The van der Waals surface area contributed by atoms with Crippen LogP contribution in [0.15, 0.2) is 0 Å².